The van der Waals surface area contributed by atoms with Gasteiger partial charge in [0, 0.05) is 44.1 Å². The summed E-state index contributed by atoms with van der Waals surface area (Å²) < 4.78 is 0. The lowest BCUT2D eigenvalue weighted by molar-refractivity contribution is 0.0955. The Morgan fingerprint density at radius 3 is 2.04 bits per heavy atom. The van der Waals surface area contributed by atoms with Crippen LogP contribution in [0.3, 0.4) is 0 Å². The third-order valence-electron chi connectivity index (χ3n) is 4.05. The van der Waals surface area contributed by atoms with Gasteiger partial charge in [-0.15, -0.1) is 0 Å². The third kappa shape index (κ3) is 5.08. The minimum absolute atomic E-state index is 0.216. The lowest BCUT2D eigenvalue weighted by Gasteiger charge is -2.20. The molecule has 25 heavy (non-hydrogen) atoms. The van der Waals surface area contributed by atoms with Crippen molar-refractivity contribution in [2.75, 3.05) is 37.0 Å². The van der Waals surface area contributed by atoms with Crippen LogP contribution in [0, 0.1) is 0 Å². The summed E-state index contributed by atoms with van der Waals surface area (Å²) in [4.78, 5) is 16.4. The maximum atomic E-state index is 12.2. The normalized spacial score (nSPS) is 10.7. The number of hydrogen-bond donors (Lipinski definition) is 1. The van der Waals surface area contributed by atoms with Crippen molar-refractivity contribution in [3.63, 3.8) is 0 Å². The summed E-state index contributed by atoms with van der Waals surface area (Å²) in [5, 5.41) is 4.03. The zero-order chi connectivity index (χ0) is 18.2. The van der Waals surface area contributed by atoms with Gasteiger partial charge in [-0.25, -0.2) is 5.43 Å². The summed E-state index contributed by atoms with van der Waals surface area (Å²) >= 11 is 0. The highest BCUT2D eigenvalue weighted by Crippen LogP contribution is 2.15. The molecule has 0 bridgehead atoms. The van der Waals surface area contributed by atoms with E-state index in [0.717, 1.165) is 30.0 Å². The first-order chi connectivity index (χ1) is 12.0. The molecule has 132 valence electrons. The highest BCUT2D eigenvalue weighted by molar-refractivity contribution is 5.95. The molecule has 0 fully saturated rings. The SMILES string of the molecule is CCN(CC)c1ccc(C(=O)N/N=C\c2ccc(N(C)C)cc2)cc1. The van der Waals surface area contributed by atoms with Crippen LogP contribution in [-0.2, 0) is 0 Å². The van der Waals surface area contributed by atoms with Gasteiger partial charge >= 0.3 is 0 Å². The van der Waals surface area contributed by atoms with E-state index in [4.69, 9.17) is 0 Å². The van der Waals surface area contributed by atoms with Gasteiger partial charge in [0.2, 0.25) is 0 Å². The van der Waals surface area contributed by atoms with Gasteiger partial charge in [0.15, 0.2) is 0 Å². The van der Waals surface area contributed by atoms with Crippen LogP contribution < -0.4 is 15.2 Å². The van der Waals surface area contributed by atoms with E-state index >= 15 is 0 Å². The molecule has 2 aromatic carbocycles. The standard InChI is InChI=1S/C20H26N4O/c1-5-24(6-2)19-13-9-17(10-14-19)20(25)22-21-15-16-7-11-18(12-8-16)23(3)4/h7-15H,5-6H2,1-4H3,(H,22,25)/b21-15-. The first-order valence-electron chi connectivity index (χ1n) is 8.51. The molecule has 0 aromatic heterocycles. The molecular formula is C20H26N4O. The first-order valence-corrected chi connectivity index (χ1v) is 8.51. The van der Waals surface area contributed by atoms with Crippen molar-refractivity contribution in [3.05, 3.63) is 59.7 Å². The number of benzene rings is 2. The number of nitrogens with one attached hydrogen (secondary N) is 1. The van der Waals surface area contributed by atoms with Crippen LogP contribution >= 0.6 is 0 Å². The van der Waals surface area contributed by atoms with Gasteiger partial charge in [0.1, 0.15) is 0 Å². The van der Waals surface area contributed by atoms with E-state index in [1.165, 1.54) is 0 Å². The lowest BCUT2D eigenvalue weighted by atomic mass is 10.2. The monoisotopic (exact) mass is 338 g/mol. The molecule has 0 aliphatic rings. The molecule has 5 nitrogen and oxygen atoms in total. The van der Waals surface area contributed by atoms with Gasteiger partial charge in [-0.05, 0) is 55.8 Å². The quantitative estimate of drug-likeness (QED) is 0.622. The number of carbonyl (C=O) groups is 1. The van der Waals surface area contributed by atoms with Gasteiger partial charge < -0.3 is 9.80 Å². The van der Waals surface area contributed by atoms with Gasteiger partial charge in [-0.2, -0.15) is 5.10 Å². The highest BCUT2D eigenvalue weighted by Gasteiger charge is 2.06. The minimum Gasteiger partial charge on any atom is -0.378 e. The average Bonchev–Trinajstić information content (AvgIpc) is 2.63. The maximum Gasteiger partial charge on any atom is 0.271 e. The van der Waals surface area contributed by atoms with E-state index in [1.54, 1.807) is 6.21 Å². The number of rotatable bonds is 7. The van der Waals surface area contributed by atoms with Gasteiger partial charge in [-0.1, -0.05) is 12.1 Å². The van der Waals surface area contributed by atoms with E-state index in [1.807, 2.05) is 67.5 Å². The van der Waals surface area contributed by atoms with Crippen LogP contribution in [0.2, 0.25) is 0 Å². The smallest absolute Gasteiger partial charge is 0.271 e. The molecule has 0 spiro atoms. The number of hydrogen-bond acceptors (Lipinski definition) is 4. The minimum atomic E-state index is -0.216. The van der Waals surface area contributed by atoms with Crippen LogP contribution in [0.1, 0.15) is 29.8 Å². The number of nitrogens with zero attached hydrogens (tertiary/aromatic N) is 3. The number of hydrazone groups is 1. The Balaban J connectivity index is 1.95. The molecule has 0 aliphatic carbocycles. The third-order valence-corrected chi connectivity index (χ3v) is 4.05. The fraction of sp³-hybridized carbons (Fsp3) is 0.300. The largest absolute Gasteiger partial charge is 0.378 e. The van der Waals surface area contributed by atoms with Crippen molar-refractivity contribution in [2.45, 2.75) is 13.8 Å². The van der Waals surface area contributed by atoms with Gasteiger partial charge in [-0.3, -0.25) is 4.79 Å². The summed E-state index contributed by atoms with van der Waals surface area (Å²) in [5.74, 6) is -0.216. The molecule has 0 radical (unpaired) electrons. The van der Waals surface area contributed by atoms with Crippen LogP contribution in [0.4, 0.5) is 11.4 Å². The number of anilines is 2. The van der Waals surface area contributed by atoms with E-state index in [-0.39, 0.29) is 5.91 Å². The predicted octanol–water partition coefficient (Wildman–Crippen LogP) is 3.36. The second kappa shape index (κ2) is 8.87. The second-order valence-corrected chi connectivity index (χ2v) is 5.90. The van der Waals surface area contributed by atoms with Crippen molar-refractivity contribution in [1.29, 1.82) is 0 Å². The van der Waals surface area contributed by atoms with Crippen molar-refractivity contribution in [3.8, 4) is 0 Å². The molecule has 0 aliphatic heterocycles. The second-order valence-electron chi connectivity index (χ2n) is 5.90. The summed E-state index contributed by atoms with van der Waals surface area (Å²) in [7, 11) is 3.99. The number of carbonyl (C=O) groups excluding carboxylic acids is 1. The highest BCUT2D eigenvalue weighted by atomic mass is 16.2. The zero-order valence-electron chi connectivity index (χ0n) is 15.4. The molecule has 0 saturated carbocycles. The summed E-state index contributed by atoms with van der Waals surface area (Å²) in [6.45, 7) is 6.12. The zero-order valence-corrected chi connectivity index (χ0v) is 15.4. The van der Waals surface area contributed by atoms with E-state index in [0.29, 0.717) is 5.56 Å². The van der Waals surface area contributed by atoms with E-state index in [2.05, 4.69) is 29.3 Å². The molecule has 5 heteroatoms. The Morgan fingerprint density at radius 1 is 0.960 bits per heavy atom. The lowest BCUT2D eigenvalue weighted by Crippen LogP contribution is -2.22. The Morgan fingerprint density at radius 2 is 1.52 bits per heavy atom. The van der Waals surface area contributed by atoms with E-state index < -0.39 is 0 Å². The van der Waals surface area contributed by atoms with Crippen LogP contribution in [0.5, 0.6) is 0 Å². The van der Waals surface area contributed by atoms with Crippen molar-refractivity contribution >= 4 is 23.5 Å². The molecule has 2 rings (SSSR count). The summed E-state index contributed by atoms with van der Waals surface area (Å²) in [6.07, 6.45) is 1.64. The van der Waals surface area contributed by atoms with Crippen molar-refractivity contribution < 1.29 is 4.79 Å². The van der Waals surface area contributed by atoms with Gasteiger partial charge in [0.05, 0.1) is 6.21 Å². The Bertz CT molecular complexity index is 701. The summed E-state index contributed by atoms with van der Waals surface area (Å²) in [6, 6.07) is 15.5. The van der Waals surface area contributed by atoms with Crippen LogP contribution in [-0.4, -0.2) is 39.3 Å². The molecule has 0 saturated heterocycles. The van der Waals surface area contributed by atoms with Gasteiger partial charge in [0.25, 0.3) is 5.91 Å². The molecule has 1 amide bonds. The van der Waals surface area contributed by atoms with Crippen LogP contribution in [0.25, 0.3) is 0 Å². The first kappa shape index (κ1) is 18.5. The fourth-order valence-electron chi connectivity index (χ4n) is 2.50. The molecule has 2 aromatic rings. The Labute approximate surface area is 150 Å². The molecule has 1 N–H and O–H groups in total. The van der Waals surface area contributed by atoms with Crippen molar-refractivity contribution in [1.82, 2.24) is 5.43 Å². The molecule has 0 heterocycles. The van der Waals surface area contributed by atoms with Crippen molar-refractivity contribution in [2.24, 2.45) is 5.10 Å². The number of amides is 1. The molecule has 0 unspecified atom stereocenters. The summed E-state index contributed by atoms with van der Waals surface area (Å²) in [5.41, 5.74) is 6.33. The predicted molar refractivity (Wildman–Crippen MR) is 106 cm³/mol. The molecular weight excluding hydrogens is 312 g/mol. The fourth-order valence-corrected chi connectivity index (χ4v) is 2.50. The van der Waals surface area contributed by atoms with E-state index in [9.17, 15) is 4.79 Å². The average molecular weight is 338 g/mol. The molecule has 0 atom stereocenters. The Hall–Kier alpha value is -2.82. The topological polar surface area (TPSA) is 47.9 Å². The van der Waals surface area contributed by atoms with Crippen LogP contribution in [0.15, 0.2) is 53.6 Å². The Kier molecular flexibility index (Phi) is 6.57. The maximum absolute atomic E-state index is 12.2.